The standard InChI is InChI=1S/C22H37NO8/c1-22(2,20(23-3)21(25)26)18-5-4-6-19(17-18)31-16-15-30-14-13-29-12-11-28-10-9-27-8-7-24/h4-6,17,20,23-24H,7-16H2,1-3H3,(H,25,26). The van der Waals surface area contributed by atoms with E-state index in [1.165, 1.54) is 0 Å². The van der Waals surface area contributed by atoms with Crippen molar-refractivity contribution in [1.29, 1.82) is 0 Å². The Hall–Kier alpha value is -1.75. The first-order valence-electron chi connectivity index (χ1n) is 10.5. The molecule has 0 aliphatic carbocycles. The van der Waals surface area contributed by atoms with E-state index in [2.05, 4.69) is 5.32 Å². The highest BCUT2D eigenvalue weighted by molar-refractivity contribution is 5.76. The van der Waals surface area contributed by atoms with E-state index in [1.54, 1.807) is 7.05 Å². The van der Waals surface area contributed by atoms with Crippen LogP contribution in [0.25, 0.3) is 0 Å². The summed E-state index contributed by atoms with van der Waals surface area (Å²) < 4.78 is 27.0. The van der Waals surface area contributed by atoms with Crippen molar-refractivity contribution < 1.29 is 38.7 Å². The number of carboxylic acids is 1. The summed E-state index contributed by atoms with van der Waals surface area (Å²) in [5, 5.41) is 20.9. The van der Waals surface area contributed by atoms with Gasteiger partial charge in [0, 0.05) is 5.41 Å². The molecule has 0 saturated carbocycles. The lowest BCUT2D eigenvalue weighted by Crippen LogP contribution is -2.48. The van der Waals surface area contributed by atoms with Gasteiger partial charge in [-0.05, 0) is 24.7 Å². The van der Waals surface area contributed by atoms with Crippen molar-refractivity contribution in [2.45, 2.75) is 25.3 Å². The maximum Gasteiger partial charge on any atom is 0.321 e. The normalized spacial score (nSPS) is 12.6. The van der Waals surface area contributed by atoms with Crippen LogP contribution in [0.2, 0.25) is 0 Å². The third-order valence-corrected chi connectivity index (χ3v) is 4.68. The maximum atomic E-state index is 11.5. The van der Waals surface area contributed by atoms with Gasteiger partial charge in [-0.25, -0.2) is 0 Å². The summed E-state index contributed by atoms with van der Waals surface area (Å²) in [5.74, 6) is -0.223. The summed E-state index contributed by atoms with van der Waals surface area (Å²) in [4.78, 5) is 11.5. The molecule has 0 amide bonds. The van der Waals surface area contributed by atoms with Gasteiger partial charge in [-0.1, -0.05) is 26.0 Å². The molecule has 0 bridgehead atoms. The van der Waals surface area contributed by atoms with Gasteiger partial charge in [0.2, 0.25) is 0 Å². The minimum atomic E-state index is -0.895. The average Bonchev–Trinajstić information content (AvgIpc) is 2.74. The number of benzene rings is 1. The van der Waals surface area contributed by atoms with Gasteiger partial charge in [-0.2, -0.15) is 0 Å². The molecule has 0 radical (unpaired) electrons. The second kappa shape index (κ2) is 16.0. The zero-order valence-electron chi connectivity index (χ0n) is 18.8. The molecule has 3 N–H and O–H groups in total. The number of hydrogen-bond donors (Lipinski definition) is 3. The number of rotatable bonds is 19. The van der Waals surface area contributed by atoms with Crippen LogP contribution in [0.4, 0.5) is 0 Å². The van der Waals surface area contributed by atoms with Crippen LogP contribution in [-0.4, -0.2) is 95.3 Å². The first kappa shape index (κ1) is 27.3. The van der Waals surface area contributed by atoms with Crippen LogP contribution in [0.1, 0.15) is 19.4 Å². The van der Waals surface area contributed by atoms with Crippen LogP contribution in [0.3, 0.4) is 0 Å². The highest BCUT2D eigenvalue weighted by Gasteiger charge is 2.35. The quantitative estimate of drug-likeness (QED) is 0.270. The predicted molar refractivity (Wildman–Crippen MR) is 116 cm³/mol. The highest BCUT2D eigenvalue weighted by atomic mass is 16.6. The van der Waals surface area contributed by atoms with Crippen molar-refractivity contribution in [2.24, 2.45) is 0 Å². The summed E-state index contributed by atoms with van der Waals surface area (Å²) >= 11 is 0. The number of likely N-dealkylation sites (N-methyl/N-ethyl adjacent to an activating group) is 1. The van der Waals surface area contributed by atoms with E-state index in [0.29, 0.717) is 65.2 Å². The average molecular weight is 444 g/mol. The van der Waals surface area contributed by atoms with Gasteiger partial charge >= 0.3 is 5.97 Å². The monoisotopic (exact) mass is 443 g/mol. The van der Waals surface area contributed by atoms with Gasteiger partial charge in [0.15, 0.2) is 0 Å². The van der Waals surface area contributed by atoms with E-state index >= 15 is 0 Å². The van der Waals surface area contributed by atoms with Crippen molar-refractivity contribution in [3.8, 4) is 5.75 Å². The van der Waals surface area contributed by atoms with Crippen molar-refractivity contribution in [1.82, 2.24) is 5.32 Å². The molecule has 0 aliphatic heterocycles. The van der Waals surface area contributed by atoms with E-state index in [1.807, 2.05) is 38.1 Å². The fourth-order valence-electron chi connectivity index (χ4n) is 2.99. The molecule has 0 heterocycles. The van der Waals surface area contributed by atoms with Crippen LogP contribution in [0.5, 0.6) is 5.75 Å². The first-order valence-corrected chi connectivity index (χ1v) is 10.5. The molecule has 0 aromatic heterocycles. The molecule has 1 atom stereocenters. The molecular formula is C22H37NO8. The first-order chi connectivity index (χ1) is 14.9. The van der Waals surface area contributed by atoms with Crippen molar-refractivity contribution >= 4 is 5.97 Å². The summed E-state index contributed by atoms with van der Waals surface area (Å²) in [6.07, 6.45) is 0. The fraction of sp³-hybridized carbons (Fsp3) is 0.682. The summed E-state index contributed by atoms with van der Waals surface area (Å²) in [6, 6.07) is 6.75. The molecule has 1 aromatic rings. The Labute approximate surface area is 184 Å². The zero-order chi connectivity index (χ0) is 23.0. The van der Waals surface area contributed by atoms with Gasteiger partial charge in [-0.15, -0.1) is 0 Å². The number of aliphatic carboxylic acids is 1. The lowest BCUT2D eigenvalue weighted by atomic mass is 9.77. The Bertz CT molecular complexity index is 611. The summed E-state index contributed by atoms with van der Waals surface area (Å²) in [7, 11) is 1.64. The Morgan fingerprint density at radius 3 is 1.94 bits per heavy atom. The van der Waals surface area contributed by atoms with Gasteiger partial charge in [0.1, 0.15) is 18.4 Å². The second-order valence-corrected chi connectivity index (χ2v) is 7.33. The molecule has 0 spiro atoms. The number of ether oxygens (including phenoxy) is 5. The molecule has 1 rings (SSSR count). The Balaban J connectivity index is 2.17. The van der Waals surface area contributed by atoms with E-state index in [-0.39, 0.29) is 6.61 Å². The number of carbonyl (C=O) groups is 1. The molecule has 9 heteroatoms. The van der Waals surface area contributed by atoms with Gasteiger partial charge < -0.3 is 39.2 Å². The Kier molecular flexibility index (Phi) is 14.1. The molecule has 0 aliphatic rings. The molecule has 0 fully saturated rings. The van der Waals surface area contributed by atoms with E-state index < -0.39 is 17.4 Å². The molecule has 178 valence electrons. The molecule has 1 unspecified atom stereocenters. The Morgan fingerprint density at radius 1 is 0.935 bits per heavy atom. The van der Waals surface area contributed by atoms with Gasteiger partial charge in [0.05, 0.1) is 59.5 Å². The minimum Gasteiger partial charge on any atom is -0.491 e. The summed E-state index contributed by atoms with van der Waals surface area (Å²) in [5.41, 5.74) is 0.271. The smallest absolute Gasteiger partial charge is 0.321 e. The lowest BCUT2D eigenvalue weighted by Gasteiger charge is -2.32. The topological polar surface area (TPSA) is 116 Å². The highest BCUT2D eigenvalue weighted by Crippen LogP contribution is 2.30. The predicted octanol–water partition coefficient (Wildman–Crippen LogP) is 1.07. The minimum absolute atomic E-state index is 0.0165. The van der Waals surface area contributed by atoms with Crippen molar-refractivity contribution in [3.63, 3.8) is 0 Å². The number of aliphatic hydroxyl groups excluding tert-OH is 1. The molecule has 31 heavy (non-hydrogen) atoms. The summed E-state index contributed by atoms with van der Waals surface area (Å²) in [6.45, 7) is 7.74. The molecular weight excluding hydrogens is 406 g/mol. The van der Waals surface area contributed by atoms with Crippen LogP contribution in [0, 0.1) is 0 Å². The second-order valence-electron chi connectivity index (χ2n) is 7.33. The number of carboxylic acid groups (broad SMARTS) is 1. The molecule has 9 nitrogen and oxygen atoms in total. The maximum absolute atomic E-state index is 11.5. The van der Waals surface area contributed by atoms with Crippen molar-refractivity contribution in [3.05, 3.63) is 29.8 Å². The van der Waals surface area contributed by atoms with Crippen LogP contribution in [-0.2, 0) is 29.2 Å². The van der Waals surface area contributed by atoms with E-state index in [4.69, 9.17) is 28.8 Å². The molecule has 0 saturated heterocycles. The number of hydrogen-bond acceptors (Lipinski definition) is 8. The largest absolute Gasteiger partial charge is 0.491 e. The van der Waals surface area contributed by atoms with Crippen molar-refractivity contribution in [2.75, 3.05) is 73.1 Å². The lowest BCUT2D eigenvalue weighted by molar-refractivity contribution is -0.141. The SMILES string of the molecule is CNC(C(=O)O)C(C)(C)c1cccc(OCCOCCOCCOCCOCCO)c1. The fourth-order valence-corrected chi connectivity index (χ4v) is 2.99. The van der Waals surface area contributed by atoms with Gasteiger partial charge in [0.25, 0.3) is 0 Å². The van der Waals surface area contributed by atoms with E-state index in [0.717, 1.165) is 5.56 Å². The number of nitrogens with one attached hydrogen (secondary N) is 1. The Morgan fingerprint density at radius 2 is 1.45 bits per heavy atom. The van der Waals surface area contributed by atoms with Crippen LogP contribution in [0.15, 0.2) is 24.3 Å². The van der Waals surface area contributed by atoms with Crippen LogP contribution >= 0.6 is 0 Å². The van der Waals surface area contributed by atoms with Crippen LogP contribution < -0.4 is 10.1 Å². The zero-order valence-corrected chi connectivity index (χ0v) is 18.8. The van der Waals surface area contributed by atoms with Gasteiger partial charge in [-0.3, -0.25) is 4.79 Å². The number of aliphatic hydroxyl groups is 1. The van der Waals surface area contributed by atoms with E-state index in [9.17, 15) is 9.90 Å². The molecule has 1 aromatic carbocycles. The third-order valence-electron chi connectivity index (χ3n) is 4.68. The third kappa shape index (κ3) is 10.9.